The van der Waals surface area contributed by atoms with E-state index in [4.69, 9.17) is 17.3 Å². The zero-order valence-electron chi connectivity index (χ0n) is 16.6. The van der Waals surface area contributed by atoms with Gasteiger partial charge in [-0.15, -0.1) is 0 Å². The SMILES string of the molecule is CC(=O)NCc1ccc(C(=O)NC2CCC(CN)(c3cccc(Cl)c3)CC2)cn1. The van der Waals surface area contributed by atoms with Crippen LogP contribution in [0.2, 0.25) is 5.02 Å². The van der Waals surface area contributed by atoms with E-state index in [9.17, 15) is 9.59 Å². The summed E-state index contributed by atoms with van der Waals surface area (Å²) in [5, 5.41) is 6.52. The standard InChI is InChI=1S/C22H27ClN4O2/c1-15(28)25-13-20-6-5-16(12-26-20)21(29)27-19-7-9-22(14-24,10-8-19)17-3-2-4-18(23)11-17/h2-6,11-12,19H,7-10,13-14,24H2,1H3,(H,25,28)(H,27,29). The first-order chi connectivity index (χ1) is 13.9. The monoisotopic (exact) mass is 414 g/mol. The van der Waals surface area contributed by atoms with Crippen LogP contribution in [0, 0.1) is 0 Å². The maximum atomic E-state index is 12.6. The van der Waals surface area contributed by atoms with E-state index < -0.39 is 0 Å². The number of hydrogen-bond acceptors (Lipinski definition) is 4. The molecule has 0 aliphatic heterocycles. The number of pyridine rings is 1. The molecule has 1 aromatic heterocycles. The molecule has 1 aromatic carbocycles. The van der Waals surface area contributed by atoms with Gasteiger partial charge in [-0.3, -0.25) is 14.6 Å². The van der Waals surface area contributed by atoms with Crippen LogP contribution in [0.5, 0.6) is 0 Å². The molecule has 154 valence electrons. The lowest BCUT2D eigenvalue weighted by atomic mass is 9.68. The zero-order valence-corrected chi connectivity index (χ0v) is 17.3. The zero-order chi connectivity index (χ0) is 20.9. The van der Waals surface area contributed by atoms with Gasteiger partial charge in [-0.05, 0) is 55.5 Å². The average molecular weight is 415 g/mol. The molecule has 2 aromatic rings. The van der Waals surface area contributed by atoms with Crippen molar-refractivity contribution in [3.05, 3.63) is 64.4 Å². The summed E-state index contributed by atoms with van der Waals surface area (Å²) in [4.78, 5) is 27.8. The van der Waals surface area contributed by atoms with Gasteiger partial charge in [0.2, 0.25) is 5.91 Å². The number of aromatic nitrogens is 1. The summed E-state index contributed by atoms with van der Waals surface area (Å²) in [6, 6.07) is 11.5. The number of hydrogen-bond donors (Lipinski definition) is 3. The molecule has 1 aliphatic carbocycles. The fraction of sp³-hybridized carbons (Fsp3) is 0.409. The van der Waals surface area contributed by atoms with Gasteiger partial charge in [-0.2, -0.15) is 0 Å². The molecular weight excluding hydrogens is 388 g/mol. The van der Waals surface area contributed by atoms with E-state index in [1.165, 1.54) is 12.5 Å². The van der Waals surface area contributed by atoms with Gasteiger partial charge in [0.05, 0.1) is 17.8 Å². The number of carbonyl (C=O) groups is 2. The van der Waals surface area contributed by atoms with E-state index >= 15 is 0 Å². The Balaban J connectivity index is 1.57. The summed E-state index contributed by atoms with van der Waals surface area (Å²) in [6.07, 6.45) is 5.09. The van der Waals surface area contributed by atoms with Gasteiger partial charge in [0, 0.05) is 36.1 Å². The Morgan fingerprint density at radius 1 is 1.24 bits per heavy atom. The van der Waals surface area contributed by atoms with E-state index in [1.54, 1.807) is 18.3 Å². The van der Waals surface area contributed by atoms with Crippen LogP contribution in [0.3, 0.4) is 0 Å². The molecule has 6 nitrogen and oxygen atoms in total. The van der Waals surface area contributed by atoms with Crippen molar-refractivity contribution in [2.75, 3.05) is 6.54 Å². The highest BCUT2D eigenvalue weighted by Gasteiger charge is 2.36. The molecule has 7 heteroatoms. The minimum absolute atomic E-state index is 0.0843. The number of amides is 2. The van der Waals surface area contributed by atoms with Gasteiger partial charge in [-0.25, -0.2) is 0 Å². The number of nitrogens with zero attached hydrogens (tertiary/aromatic N) is 1. The lowest BCUT2D eigenvalue weighted by Gasteiger charge is -2.40. The molecule has 0 saturated heterocycles. The van der Waals surface area contributed by atoms with Gasteiger partial charge in [0.25, 0.3) is 5.91 Å². The molecular formula is C22H27ClN4O2. The molecule has 1 saturated carbocycles. The minimum Gasteiger partial charge on any atom is -0.351 e. The second-order valence-electron chi connectivity index (χ2n) is 7.69. The average Bonchev–Trinajstić information content (AvgIpc) is 2.73. The number of rotatable bonds is 6. The lowest BCUT2D eigenvalue weighted by molar-refractivity contribution is -0.119. The first-order valence-electron chi connectivity index (χ1n) is 9.88. The second-order valence-corrected chi connectivity index (χ2v) is 8.13. The summed E-state index contributed by atoms with van der Waals surface area (Å²) < 4.78 is 0. The third kappa shape index (κ3) is 5.34. The van der Waals surface area contributed by atoms with E-state index in [0.29, 0.717) is 24.3 Å². The van der Waals surface area contributed by atoms with Crippen LogP contribution < -0.4 is 16.4 Å². The number of nitrogens with one attached hydrogen (secondary N) is 2. The van der Waals surface area contributed by atoms with Crippen LogP contribution in [0.4, 0.5) is 0 Å². The minimum atomic E-state index is -0.128. The molecule has 0 bridgehead atoms. The van der Waals surface area contributed by atoms with Crippen molar-refractivity contribution in [1.82, 2.24) is 15.6 Å². The largest absolute Gasteiger partial charge is 0.351 e. The van der Waals surface area contributed by atoms with Crippen LogP contribution in [-0.4, -0.2) is 29.4 Å². The van der Waals surface area contributed by atoms with Crippen LogP contribution >= 0.6 is 11.6 Å². The number of benzene rings is 1. The van der Waals surface area contributed by atoms with Crippen molar-refractivity contribution >= 4 is 23.4 Å². The summed E-state index contributed by atoms with van der Waals surface area (Å²) in [7, 11) is 0. The maximum Gasteiger partial charge on any atom is 0.253 e. The van der Waals surface area contributed by atoms with E-state index in [2.05, 4.69) is 21.7 Å². The molecule has 1 fully saturated rings. The Hall–Kier alpha value is -2.44. The van der Waals surface area contributed by atoms with Crippen LogP contribution in [-0.2, 0) is 16.8 Å². The van der Waals surface area contributed by atoms with Crippen LogP contribution in [0.25, 0.3) is 0 Å². The maximum absolute atomic E-state index is 12.6. The number of carbonyl (C=O) groups excluding carboxylic acids is 2. The van der Waals surface area contributed by atoms with Crippen molar-refractivity contribution in [2.45, 2.75) is 50.6 Å². The molecule has 0 spiro atoms. The first kappa shape index (κ1) is 21.3. The summed E-state index contributed by atoms with van der Waals surface area (Å²) in [5.41, 5.74) is 8.47. The van der Waals surface area contributed by atoms with Crippen LogP contribution in [0.1, 0.15) is 54.2 Å². The normalized spacial score (nSPS) is 21.4. The Bertz CT molecular complexity index is 861. The first-order valence-corrected chi connectivity index (χ1v) is 10.3. The topological polar surface area (TPSA) is 97.1 Å². The van der Waals surface area contributed by atoms with Crippen molar-refractivity contribution in [1.29, 1.82) is 0 Å². The molecule has 3 rings (SSSR count). The molecule has 1 aliphatic rings. The van der Waals surface area contributed by atoms with Crippen molar-refractivity contribution in [3.63, 3.8) is 0 Å². The Morgan fingerprint density at radius 2 is 2.00 bits per heavy atom. The number of halogens is 1. The van der Waals surface area contributed by atoms with E-state index in [0.717, 1.165) is 30.7 Å². The van der Waals surface area contributed by atoms with Gasteiger partial charge in [0.1, 0.15) is 0 Å². The van der Waals surface area contributed by atoms with Crippen molar-refractivity contribution in [2.24, 2.45) is 5.73 Å². The van der Waals surface area contributed by atoms with Gasteiger partial charge < -0.3 is 16.4 Å². The Labute approximate surface area is 176 Å². The fourth-order valence-electron chi connectivity index (χ4n) is 3.89. The summed E-state index contributed by atoms with van der Waals surface area (Å²) in [6.45, 7) is 2.37. The molecule has 2 amide bonds. The predicted octanol–water partition coefficient (Wildman–Crippen LogP) is 2.94. The van der Waals surface area contributed by atoms with Crippen molar-refractivity contribution in [3.8, 4) is 0 Å². The third-order valence-electron chi connectivity index (χ3n) is 5.71. The highest BCUT2D eigenvalue weighted by molar-refractivity contribution is 6.30. The predicted molar refractivity (Wildman–Crippen MR) is 114 cm³/mol. The smallest absolute Gasteiger partial charge is 0.253 e. The molecule has 4 N–H and O–H groups in total. The van der Waals surface area contributed by atoms with Crippen LogP contribution in [0.15, 0.2) is 42.6 Å². The Morgan fingerprint density at radius 3 is 2.59 bits per heavy atom. The highest BCUT2D eigenvalue weighted by atomic mass is 35.5. The van der Waals surface area contributed by atoms with Crippen molar-refractivity contribution < 1.29 is 9.59 Å². The van der Waals surface area contributed by atoms with Gasteiger partial charge in [0.15, 0.2) is 0 Å². The van der Waals surface area contributed by atoms with E-state index in [1.807, 2.05) is 18.2 Å². The molecule has 1 heterocycles. The summed E-state index contributed by atoms with van der Waals surface area (Å²) >= 11 is 6.17. The second kappa shape index (κ2) is 9.37. The van der Waals surface area contributed by atoms with E-state index in [-0.39, 0.29) is 23.3 Å². The Kier molecular flexibility index (Phi) is 6.87. The summed E-state index contributed by atoms with van der Waals surface area (Å²) in [5.74, 6) is -0.242. The molecule has 0 unspecified atom stereocenters. The molecule has 0 radical (unpaired) electrons. The molecule has 29 heavy (non-hydrogen) atoms. The van der Waals surface area contributed by atoms with Gasteiger partial charge >= 0.3 is 0 Å². The lowest BCUT2D eigenvalue weighted by Crippen LogP contribution is -2.45. The molecule has 0 atom stereocenters. The highest BCUT2D eigenvalue weighted by Crippen LogP contribution is 2.39. The number of nitrogens with two attached hydrogens (primary N) is 1. The van der Waals surface area contributed by atoms with Gasteiger partial charge in [-0.1, -0.05) is 23.7 Å². The third-order valence-corrected chi connectivity index (χ3v) is 5.95. The fourth-order valence-corrected chi connectivity index (χ4v) is 4.08. The quantitative estimate of drug-likeness (QED) is 0.676.